The van der Waals surface area contributed by atoms with E-state index in [1.54, 1.807) is 31.2 Å². The number of carboxylic acid groups (broad SMARTS) is 1. The van der Waals surface area contributed by atoms with Gasteiger partial charge in [-0.2, -0.15) is 13.2 Å². The summed E-state index contributed by atoms with van der Waals surface area (Å²) in [6.45, 7) is 1.89. The summed E-state index contributed by atoms with van der Waals surface area (Å²) in [5, 5.41) is 9.95. The summed E-state index contributed by atoms with van der Waals surface area (Å²) in [6.07, 6.45) is -2.54. The Balaban J connectivity index is 1.59. The van der Waals surface area contributed by atoms with E-state index in [9.17, 15) is 23.1 Å². The van der Waals surface area contributed by atoms with Crippen LogP contribution in [0.3, 0.4) is 0 Å². The molecule has 0 fully saturated rings. The summed E-state index contributed by atoms with van der Waals surface area (Å²) < 4.78 is 47.4. The molecule has 5 aromatic rings. The number of carbonyl (C=O) groups is 1. The Kier molecular flexibility index (Phi) is 7.07. The molecule has 1 N–H and O–H groups in total. The van der Waals surface area contributed by atoms with Crippen molar-refractivity contribution in [2.24, 2.45) is 0 Å². The minimum Gasteiger partial charge on any atom is -0.488 e. The largest absolute Gasteiger partial charge is 0.488 e. The zero-order valence-electron chi connectivity index (χ0n) is 21.0. The third-order valence-electron chi connectivity index (χ3n) is 6.49. The van der Waals surface area contributed by atoms with Gasteiger partial charge in [0.1, 0.15) is 17.9 Å². The van der Waals surface area contributed by atoms with Crippen molar-refractivity contribution in [1.29, 1.82) is 0 Å². The fourth-order valence-corrected chi connectivity index (χ4v) is 4.70. The maximum absolute atomic E-state index is 13.8. The lowest BCUT2D eigenvalue weighted by molar-refractivity contribution is -0.136. The number of aromatic nitrogens is 1. The molecule has 0 spiro atoms. The minimum atomic E-state index is -4.55. The van der Waals surface area contributed by atoms with Crippen molar-refractivity contribution >= 4 is 16.9 Å². The molecule has 1 heterocycles. The van der Waals surface area contributed by atoms with Crippen molar-refractivity contribution in [3.05, 3.63) is 131 Å². The van der Waals surface area contributed by atoms with E-state index in [4.69, 9.17) is 4.74 Å². The van der Waals surface area contributed by atoms with Crippen LogP contribution in [0.1, 0.15) is 38.2 Å². The number of hydrogen-bond donors (Lipinski definition) is 1. The molecule has 0 bridgehead atoms. The van der Waals surface area contributed by atoms with Crippen LogP contribution >= 0.6 is 0 Å². The highest BCUT2D eigenvalue weighted by Gasteiger charge is 2.33. The van der Waals surface area contributed by atoms with Gasteiger partial charge in [-0.05, 0) is 65.4 Å². The Bertz CT molecular complexity index is 1660. The van der Waals surface area contributed by atoms with Gasteiger partial charge < -0.3 is 9.84 Å². The average molecular weight is 528 g/mol. The van der Waals surface area contributed by atoms with E-state index in [-0.39, 0.29) is 23.4 Å². The molecule has 4 nitrogen and oxygen atoms in total. The summed E-state index contributed by atoms with van der Waals surface area (Å²) in [6, 6.07) is 26.1. The predicted molar refractivity (Wildman–Crippen MR) is 144 cm³/mol. The fourth-order valence-electron chi connectivity index (χ4n) is 4.70. The fraction of sp³-hybridized carbons (Fsp3) is 0.125. The predicted octanol–water partition coefficient (Wildman–Crippen LogP) is 8.10. The Morgan fingerprint density at radius 1 is 0.897 bits per heavy atom. The number of rotatable bonds is 7. The smallest absolute Gasteiger partial charge is 0.418 e. The number of benzene rings is 4. The SMILES string of the molecule is Cc1ccc(OCc2cccc(-c3c(Cc4ccccc4)cnc4c(C(F)(F)F)cccc34)c2)c(C(=O)O)c1. The standard InChI is InChI=1S/C32H24F3NO3/c1-20-13-14-28(26(15-20)31(37)38)39-19-22-9-5-10-23(17-22)29-24(16-21-7-3-2-4-8-21)18-36-30-25(29)11-6-12-27(30)32(33,34)35/h2-15,17-18H,16,19H2,1H3,(H,37,38). The van der Waals surface area contributed by atoms with E-state index in [0.29, 0.717) is 17.4 Å². The molecule has 0 aliphatic heterocycles. The molecule has 0 saturated heterocycles. The van der Waals surface area contributed by atoms with Gasteiger partial charge in [-0.15, -0.1) is 0 Å². The third kappa shape index (κ3) is 5.62. The molecular weight excluding hydrogens is 503 g/mol. The third-order valence-corrected chi connectivity index (χ3v) is 6.49. The summed E-state index contributed by atoms with van der Waals surface area (Å²) in [4.78, 5) is 15.9. The molecule has 0 saturated carbocycles. The van der Waals surface area contributed by atoms with Crippen molar-refractivity contribution in [3.63, 3.8) is 0 Å². The summed E-state index contributed by atoms with van der Waals surface area (Å²) >= 11 is 0. The quantitative estimate of drug-likeness (QED) is 0.232. The first-order valence-corrected chi connectivity index (χ1v) is 12.3. The van der Waals surface area contributed by atoms with Crippen molar-refractivity contribution in [3.8, 4) is 16.9 Å². The van der Waals surface area contributed by atoms with E-state index in [1.165, 1.54) is 12.3 Å². The van der Waals surface area contributed by atoms with Crippen LogP contribution in [0.2, 0.25) is 0 Å². The molecule has 0 amide bonds. The van der Waals surface area contributed by atoms with Crippen molar-refractivity contribution in [2.45, 2.75) is 26.1 Å². The number of aryl methyl sites for hydroxylation is 1. The summed E-state index contributed by atoms with van der Waals surface area (Å²) in [7, 11) is 0. The number of pyridine rings is 1. The Hall–Kier alpha value is -4.65. The van der Waals surface area contributed by atoms with Crippen LogP contribution in [-0.2, 0) is 19.2 Å². The second-order valence-electron chi connectivity index (χ2n) is 9.31. The maximum Gasteiger partial charge on any atom is 0.418 e. The number of nitrogens with zero attached hydrogens (tertiary/aromatic N) is 1. The lowest BCUT2D eigenvalue weighted by atomic mass is 9.91. The van der Waals surface area contributed by atoms with Crippen molar-refractivity contribution in [1.82, 2.24) is 4.98 Å². The molecule has 0 radical (unpaired) electrons. The Morgan fingerprint density at radius 3 is 2.38 bits per heavy atom. The first-order valence-electron chi connectivity index (χ1n) is 12.3. The highest BCUT2D eigenvalue weighted by Crippen LogP contribution is 2.39. The van der Waals surface area contributed by atoms with Crippen LogP contribution in [0.4, 0.5) is 13.2 Å². The highest BCUT2D eigenvalue weighted by atomic mass is 19.4. The first kappa shape index (κ1) is 26.0. The molecule has 0 atom stereocenters. The minimum absolute atomic E-state index is 0.0658. The highest BCUT2D eigenvalue weighted by molar-refractivity contribution is 5.98. The van der Waals surface area contributed by atoms with Gasteiger partial charge in [-0.25, -0.2) is 4.79 Å². The number of fused-ring (bicyclic) bond motifs is 1. The number of alkyl halides is 3. The number of para-hydroxylation sites is 1. The van der Waals surface area contributed by atoms with Crippen LogP contribution < -0.4 is 4.74 Å². The van der Waals surface area contributed by atoms with Gasteiger partial charge in [-0.1, -0.05) is 72.3 Å². The van der Waals surface area contributed by atoms with Gasteiger partial charge in [0.2, 0.25) is 0 Å². The normalized spacial score (nSPS) is 11.5. The molecule has 1 aromatic heterocycles. The van der Waals surface area contributed by atoms with E-state index in [1.807, 2.05) is 54.6 Å². The van der Waals surface area contributed by atoms with E-state index < -0.39 is 17.7 Å². The topological polar surface area (TPSA) is 59.4 Å². The van der Waals surface area contributed by atoms with Gasteiger partial charge in [0.15, 0.2) is 0 Å². The van der Waals surface area contributed by atoms with E-state index in [0.717, 1.165) is 33.9 Å². The van der Waals surface area contributed by atoms with E-state index in [2.05, 4.69) is 4.98 Å². The first-order chi connectivity index (χ1) is 18.7. The Labute approximate surface area is 223 Å². The zero-order valence-corrected chi connectivity index (χ0v) is 21.0. The van der Waals surface area contributed by atoms with Crippen molar-refractivity contribution < 1.29 is 27.8 Å². The number of aromatic carboxylic acids is 1. The lowest BCUT2D eigenvalue weighted by Gasteiger charge is -2.17. The van der Waals surface area contributed by atoms with Crippen LogP contribution in [0, 0.1) is 6.92 Å². The maximum atomic E-state index is 13.8. The van der Waals surface area contributed by atoms with Gasteiger partial charge in [-0.3, -0.25) is 4.98 Å². The molecular formula is C32H24F3NO3. The lowest BCUT2D eigenvalue weighted by Crippen LogP contribution is -2.07. The molecule has 4 aromatic carbocycles. The average Bonchev–Trinajstić information content (AvgIpc) is 2.92. The number of halogens is 3. The molecule has 7 heteroatoms. The second kappa shape index (κ2) is 10.6. The summed E-state index contributed by atoms with van der Waals surface area (Å²) in [5.41, 5.74) is 3.90. The number of ether oxygens (including phenoxy) is 1. The van der Waals surface area contributed by atoms with Gasteiger partial charge in [0.25, 0.3) is 0 Å². The van der Waals surface area contributed by atoms with E-state index >= 15 is 0 Å². The molecule has 0 aliphatic carbocycles. The molecule has 0 aliphatic rings. The monoisotopic (exact) mass is 527 g/mol. The molecule has 39 heavy (non-hydrogen) atoms. The van der Waals surface area contributed by atoms with Crippen LogP contribution in [0.25, 0.3) is 22.0 Å². The van der Waals surface area contributed by atoms with Crippen LogP contribution in [0.15, 0.2) is 97.2 Å². The van der Waals surface area contributed by atoms with Gasteiger partial charge in [0.05, 0.1) is 11.1 Å². The molecule has 5 rings (SSSR count). The second-order valence-corrected chi connectivity index (χ2v) is 9.31. The van der Waals surface area contributed by atoms with Gasteiger partial charge >= 0.3 is 12.1 Å². The Morgan fingerprint density at radius 2 is 1.64 bits per heavy atom. The summed E-state index contributed by atoms with van der Waals surface area (Å²) in [5.74, 6) is -0.843. The van der Waals surface area contributed by atoms with Gasteiger partial charge in [0, 0.05) is 11.6 Å². The number of carboxylic acids is 1. The van der Waals surface area contributed by atoms with Crippen LogP contribution in [-0.4, -0.2) is 16.1 Å². The van der Waals surface area contributed by atoms with Crippen LogP contribution in [0.5, 0.6) is 5.75 Å². The van der Waals surface area contributed by atoms with Crippen molar-refractivity contribution in [2.75, 3.05) is 0 Å². The molecule has 196 valence electrons. The zero-order chi connectivity index (χ0) is 27.6. The number of hydrogen-bond acceptors (Lipinski definition) is 3. The molecule has 0 unspecified atom stereocenters.